The molecule has 2 amide bonds. The topological polar surface area (TPSA) is 61.4 Å². The average Bonchev–Trinajstić information content (AvgIpc) is 3.18. The van der Waals surface area contributed by atoms with Gasteiger partial charge in [-0.3, -0.25) is 10.2 Å². The lowest BCUT2D eigenvalue weighted by atomic mass is 9.99. The Labute approximate surface area is 176 Å². The highest BCUT2D eigenvalue weighted by atomic mass is 16.2. The first kappa shape index (κ1) is 18.6. The molecule has 5 rings (SSSR count). The van der Waals surface area contributed by atoms with Crippen LogP contribution in [0.1, 0.15) is 31.7 Å². The number of amides is 2. The van der Waals surface area contributed by atoms with Crippen molar-refractivity contribution >= 4 is 23.4 Å². The van der Waals surface area contributed by atoms with Gasteiger partial charge in [-0.15, -0.1) is 0 Å². The fourth-order valence-corrected chi connectivity index (χ4v) is 4.30. The SMILES string of the molecule is CC(C)c1cccc(-c2ccc3c(n2)N(C(=O)Nc2ccccn2)[C@H]2CCN3C2)c1. The summed E-state index contributed by atoms with van der Waals surface area (Å²) in [6.45, 7) is 6.16. The highest BCUT2D eigenvalue weighted by molar-refractivity contribution is 6.04. The van der Waals surface area contributed by atoms with Crippen LogP contribution in [-0.4, -0.2) is 35.1 Å². The van der Waals surface area contributed by atoms with Crippen molar-refractivity contribution in [2.75, 3.05) is 28.2 Å². The standard InChI is InChI=1S/C24H25N5O/c1-16(2)17-6-5-7-18(14-17)20-9-10-21-23(26-20)29(19-11-13-28(21)15-19)24(30)27-22-8-3-4-12-25-22/h3-10,12,14,16,19H,11,13,15H2,1-2H3,(H,25,27,30)/t19-/m0/s1. The third-order valence-corrected chi connectivity index (χ3v) is 5.92. The smallest absolute Gasteiger partial charge is 0.329 e. The van der Waals surface area contributed by atoms with Gasteiger partial charge in [0.05, 0.1) is 17.4 Å². The molecule has 1 atom stereocenters. The second kappa shape index (κ2) is 7.44. The molecule has 2 aliphatic heterocycles. The van der Waals surface area contributed by atoms with Gasteiger partial charge in [0.2, 0.25) is 0 Å². The Bertz CT molecular complexity index is 1080. The van der Waals surface area contributed by atoms with Gasteiger partial charge in [0.1, 0.15) is 5.82 Å². The number of urea groups is 1. The van der Waals surface area contributed by atoms with Crippen LogP contribution in [0.25, 0.3) is 11.3 Å². The maximum atomic E-state index is 13.2. The lowest BCUT2D eigenvalue weighted by Gasteiger charge is -2.35. The summed E-state index contributed by atoms with van der Waals surface area (Å²) in [5.41, 5.74) is 4.25. The molecule has 30 heavy (non-hydrogen) atoms. The molecule has 4 heterocycles. The molecular weight excluding hydrogens is 374 g/mol. The van der Waals surface area contributed by atoms with Gasteiger partial charge in [-0.05, 0) is 48.2 Å². The number of fused-ring (bicyclic) bond motifs is 4. The number of nitrogens with one attached hydrogen (secondary N) is 1. The van der Waals surface area contributed by atoms with Crippen molar-refractivity contribution < 1.29 is 4.79 Å². The van der Waals surface area contributed by atoms with Gasteiger partial charge < -0.3 is 4.90 Å². The molecule has 0 spiro atoms. The summed E-state index contributed by atoms with van der Waals surface area (Å²) in [6.07, 6.45) is 2.61. The summed E-state index contributed by atoms with van der Waals surface area (Å²) >= 11 is 0. The highest BCUT2D eigenvalue weighted by Gasteiger charge is 2.40. The van der Waals surface area contributed by atoms with E-state index in [-0.39, 0.29) is 12.1 Å². The number of hydrogen-bond acceptors (Lipinski definition) is 4. The average molecular weight is 399 g/mol. The quantitative estimate of drug-likeness (QED) is 0.681. The van der Waals surface area contributed by atoms with Crippen molar-refractivity contribution in [3.05, 3.63) is 66.4 Å². The summed E-state index contributed by atoms with van der Waals surface area (Å²) in [4.78, 5) is 26.6. The number of nitrogens with zero attached hydrogens (tertiary/aromatic N) is 4. The zero-order valence-corrected chi connectivity index (χ0v) is 17.2. The van der Waals surface area contributed by atoms with E-state index in [0.29, 0.717) is 11.7 Å². The van der Waals surface area contributed by atoms with E-state index in [4.69, 9.17) is 4.98 Å². The third-order valence-electron chi connectivity index (χ3n) is 5.92. The predicted molar refractivity (Wildman–Crippen MR) is 120 cm³/mol. The van der Waals surface area contributed by atoms with E-state index >= 15 is 0 Å². The van der Waals surface area contributed by atoms with Crippen LogP contribution in [0.5, 0.6) is 0 Å². The number of rotatable bonds is 3. The van der Waals surface area contributed by atoms with Crippen LogP contribution in [-0.2, 0) is 0 Å². The molecular formula is C24H25N5O. The van der Waals surface area contributed by atoms with Crippen molar-refractivity contribution in [3.8, 4) is 11.3 Å². The lowest BCUT2D eigenvalue weighted by Crippen LogP contribution is -2.48. The monoisotopic (exact) mass is 399 g/mol. The van der Waals surface area contributed by atoms with Gasteiger partial charge in [-0.25, -0.2) is 14.8 Å². The van der Waals surface area contributed by atoms with Gasteiger partial charge in [0.25, 0.3) is 0 Å². The van der Waals surface area contributed by atoms with E-state index in [1.165, 1.54) is 5.56 Å². The fourth-order valence-electron chi connectivity index (χ4n) is 4.30. The summed E-state index contributed by atoms with van der Waals surface area (Å²) in [6, 6.07) is 18.1. The number of hydrogen-bond donors (Lipinski definition) is 1. The Morgan fingerprint density at radius 2 is 2.03 bits per heavy atom. The highest BCUT2D eigenvalue weighted by Crippen LogP contribution is 2.40. The maximum absolute atomic E-state index is 13.2. The zero-order chi connectivity index (χ0) is 20.7. The molecule has 1 fully saturated rings. The minimum absolute atomic E-state index is 0.117. The van der Waals surface area contributed by atoms with E-state index in [0.717, 1.165) is 42.3 Å². The number of anilines is 3. The molecule has 1 aromatic carbocycles. The number of benzene rings is 1. The van der Waals surface area contributed by atoms with Crippen molar-refractivity contribution in [3.63, 3.8) is 0 Å². The van der Waals surface area contributed by atoms with Crippen LogP contribution in [0, 0.1) is 0 Å². The molecule has 0 aliphatic carbocycles. The second-order valence-corrected chi connectivity index (χ2v) is 8.22. The van der Waals surface area contributed by atoms with E-state index in [2.05, 4.69) is 65.4 Å². The molecule has 0 radical (unpaired) electrons. The molecule has 0 saturated carbocycles. The second-order valence-electron chi connectivity index (χ2n) is 8.22. The van der Waals surface area contributed by atoms with Crippen molar-refractivity contribution in [1.29, 1.82) is 0 Å². The van der Waals surface area contributed by atoms with Gasteiger partial charge in [0.15, 0.2) is 5.82 Å². The molecule has 1 N–H and O–H groups in total. The first-order valence-corrected chi connectivity index (χ1v) is 10.5. The fraction of sp³-hybridized carbons (Fsp3) is 0.292. The van der Waals surface area contributed by atoms with Crippen LogP contribution in [0.2, 0.25) is 0 Å². The number of pyridine rings is 2. The molecule has 3 aromatic rings. The predicted octanol–water partition coefficient (Wildman–Crippen LogP) is 4.90. The van der Waals surface area contributed by atoms with Gasteiger partial charge >= 0.3 is 6.03 Å². The molecule has 2 aromatic heterocycles. The number of carbonyl (C=O) groups excluding carboxylic acids is 1. The summed E-state index contributed by atoms with van der Waals surface area (Å²) in [5, 5.41) is 2.94. The van der Waals surface area contributed by atoms with Crippen molar-refractivity contribution in [2.24, 2.45) is 0 Å². The van der Waals surface area contributed by atoms with E-state index in [1.807, 2.05) is 17.0 Å². The number of aromatic nitrogens is 2. The third kappa shape index (κ3) is 3.28. The molecule has 2 aliphatic rings. The summed E-state index contributed by atoms with van der Waals surface area (Å²) in [7, 11) is 0. The van der Waals surface area contributed by atoms with Gasteiger partial charge in [-0.1, -0.05) is 38.1 Å². The minimum atomic E-state index is -0.179. The van der Waals surface area contributed by atoms with Gasteiger partial charge in [0, 0.05) is 24.8 Å². The van der Waals surface area contributed by atoms with E-state index < -0.39 is 0 Å². The molecule has 0 unspecified atom stereocenters. The molecule has 6 heteroatoms. The number of carbonyl (C=O) groups is 1. The summed E-state index contributed by atoms with van der Waals surface area (Å²) in [5.74, 6) is 1.72. The van der Waals surface area contributed by atoms with Gasteiger partial charge in [-0.2, -0.15) is 0 Å². The van der Waals surface area contributed by atoms with E-state index in [1.54, 1.807) is 12.3 Å². The Morgan fingerprint density at radius 1 is 1.13 bits per heavy atom. The van der Waals surface area contributed by atoms with Crippen LogP contribution in [0.3, 0.4) is 0 Å². The minimum Gasteiger partial charge on any atom is -0.366 e. The molecule has 1 saturated heterocycles. The van der Waals surface area contributed by atoms with Crippen molar-refractivity contribution in [1.82, 2.24) is 9.97 Å². The summed E-state index contributed by atoms with van der Waals surface area (Å²) < 4.78 is 0. The largest absolute Gasteiger partial charge is 0.366 e. The van der Waals surface area contributed by atoms with Crippen LogP contribution in [0.4, 0.5) is 22.1 Å². The lowest BCUT2D eigenvalue weighted by molar-refractivity contribution is 0.254. The zero-order valence-electron chi connectivity index (χ0n) is 17.2. The first-order chi connectivity index (χ1) is 14.6. The maximum Gasteiger partial charge on any atom is 0.329 e. The van der Waals surface area contributed by atoms with E-state index in [9.17, 15) is 4.79 Å². The van der Waals surface area contributed by atoms with Crippen molar-refractivity contribution in [2.45, 2.75) is 32.2 Å². The Morgan fingerprint density at radius 3 is 2.83 bits per heavy atom. The Balaban J connectivity index is 1.53. The van der Waals surface area contributed by atoms with Crippen LogP contribution >= 0.6 is 0 Å². The Hall–Kier alpha value is -3.41. The van der Waals surface area contributed by atoms with Crippen LogP contribution in [0.15, 0.2) is 60.8 Å². The first-order valence-electron chi connectivity index (χ1n) is 10.5. The Kier molecular flexibility index (Phi) is 4.62. The molecule has 152 valence electrons. The molecule has 6 nitrogen and oxygen atoms in total. The molecule has 2 bridgehead atoms. The van der Waals surface area contributed by atoms with Crippen LogP contribution < -0.4 is 15.1 Å². The normalized spacial score (nSPS) is 17.2.